The number of aromatic hydroxyl groups is 1. The molecule has 0 saturated heterocycles. The number of pyridine rings is 1. The summed E-state index contributed by atoms with van der Waals surface area (Å²) in [7, 11) is 0. The smallest absolute Gasteiger partial charge is 0.252 e. The largest absolute Gasteiger partial charge is 0.505 e. The number of hydrogen-bond acceptors (Lipinski definition) is 8. The lowest BCUT2D eigenvalue weighted by Crippen LogP contribution is -2.13. The number of nitrogens with zero attached hydrogens (tertiary/aromatic N) is 4. The number of azo groups is 1. The molecule has 0 aliphatic carbocycles. The molecule has 4 N–H and O–H groups in total. The number of phenols is 1. The summed E-state index contributed by atoms with van der Waals surface area (Å²) in [4.78, 5) is 26.8. The number of benzene rings is 1. The monoisotopic (exact) mass is 356 g/mol. The third-order valence-electron chi connectivity index (χ3n) is 3.16. The third-order valence-corrected chi connectivity index (χ3v) is 3.90. The number of rotatable bonds is 4. The van der Waals surface area contributed by atoms with Crippen LogP contribution in [0.25, 0.3) is 11.0 Å². The van der Waals surface area contributed by atoms with Gasteiger partial charge in [0.1, 0.15) is 0 Å². The Morgan fingerprint density at radius 3 is 2.84 bits per heavy atom. The van der Waals surface area contributed by atoms with Crippen LogP contribution >= 0.6 is 11.5 Å². The number of hydrogen-bond donors (Lipinski definition) is 3. The topological polar surface area (TPSA) is 143 Å². The summed E-state index contributed by atoms with van der Waals surface area (Å²) in [5, 5.41) is 21.9. The van der Waals surface area contributed by atoms with Crippen LogP contribution in [0.3, 0.4) is 0 Å². The van der Waals surface area contributed by atoms with Gasteiger partial charge in [0.15, 0.2) is 16.4 Å². The second-order valence-corrected chi connectivity index (χ2v) is 5.75. The van der Waals surface area contributed by atoms with Crippen molar-refractivity contribution in [3.05, 3.63) is 36.0 Å². The lowest BCUT2D eigenvalue weighted by molar-refractivity contribution is -0.114. The summed E-state index contributed by atoms with van der Waals surface area (Å²) in [5.74, 6) is -1.69. The van der Waals surface area contributed by atoms with Crippen molar-refractivity contribution in [1.82, 2.24) is 9.36 Å². The van der Waals surface area contributed by atoms with Crippen LogP contribution in [0.1, 0.15) is 17.3 Å². The summed E-state index contributed by atoms with van der Waals surface area (Å²) in [6, 6.07) is 6.24. The molecule has 0 unspecified atom stereocenters. The van der Waals surface area contributed by atoms with Crippen LogP contribution in [0.15, 0.2) is 40.7 Å². The highest BCUT2D eigenvalue weighted by molar-refractivity contribution is 7.11. The molecule has 0 bridgehead atoms. The summed E-state index contributed by atoms with van der Waals surface area (Å²) in [5.41, 5.74) is 5.90. The van der Waals surface area contributed by atoms with E-state index >= 15 is 0 Å². The van der Waals surface area contributed by atoms with E-state index in [1.54, 1.807) is 12.3 Å². The molecule has 10 heteroatoms. The summed E-state index contributed by atoms with van der Waals surface area (Å²) in [6.45, 7) is 1.27. The number of fused-ring (bicyclic) bond motifs is 1. The minimum atomic E-state index is -0.853. The Kier molecular flexibility index (Phi) is 4.35. The van der Waals surface area contributed by atoms with Gasteiger partial charge in [0.05, 0.1) is 22.3 Å². The minimum absolute atomic E-state index is 0.0218. The first-order valence-electron chi connectivity index (χ1n) is 7.02. The van der Waals surface area contributed by atoms with Crippen molar-refractivity contribution in [2.45, 2.75) is 6.92 Å². The summed E-state index contributed by atoms with van der Waals surface area (Å²) in [6.07, 6.45) is 1.63. The number of amides is 2. The van der Waals surface area contributed by atoms with Crippen molar-refractivity contribution in [3.8, 4) is 5.75 Å². The maximum atomic E-state index is 11.5. The fraction of sp³-hybridized carbons (Fsp3) is 0.0667. The number of primary amides is 1. The molecule has 0 fully saturated rings. The van der Waals surface area contributed by atoms with E-state index in [4.69, 9.17) is 5.73 Å². The second-order valence-electron chi connectivity index (χ2n) is 5.00. The average molecular weight is 356 g/mol. The van der Waals surface area contributed by atoms with Gasteiger partial charge in [-0.05, 0) is 35.8 Å². The number of nitrogens with two attached hydrogens (primary N) is 1. The molecule has 3 rings (SSSR count). The van der Waals surface area contributed by atoms with Crippen molar-refractivity contribution in [2.24, 2.45) is 16.0 Å². The maximum Gasteiger partial charge on any atom is 0.252 e. The number of carbonyl (C=O) groups excluding carboxylic acids is 2. The van der Waals surface area contributed by atoms with Gasteiger partial charge < -0.3 is 16.2 Å². The molecular formula is C15H12N6O3S. The average Bonchev–Trinajstić information content (AvgIpc) is 2.98. The Bertz CT molecular complexity index is 1010. The van der Waals surface area contributed by atoms with Crippen LogP contribution in [0, 0.1) is 0 Å². The molecule has 0 aliphatic rings. The zero-order valence-corrected chi connectivity index (χ0v) is 13.7. The zero-order valence-electron chi connectivity index (χ0n) is 12.9. The molecule has 3 aromatic rings. The van der Waals surface area contributed by atoms with Crippen molar-refractivity contribution >= 4 is 50.8 Å². The second kappa shape index (κ2) is 6.61. The van der Waals surface area contributed by atoms with Gasteiger partial charge in [-0.1, -0.05) is 0 Å². The van der Waals surface area contributed by atoms with Crippen LogP contribution in [-0.2, 0) is 4.79 Å². The molecule has 0 aliphatic heterocycles. The summed E-state index contributed by atoms with van der Waals surface area (Å²) >= 11 is 1.13. The highest BCUT2D eigenvalue weighted by Crippen LogP contribution is 2.35. The molecule has 2 aromatic heterocycles. The minimum Gasteiger partial charge on any atom is -0.505 e. The lowest BCUT2D eigenvalue weighted by atomic mass is 10.1. The molecule has 9 nitrogen and oxygen atoms in total. The number of aromatic nitrogens is 2. The van der Waals surface area contributed by atoms with Crippen molar-refractivity contribution < 1.29 is 14.7 Å². The number of anilines is 1. The quantitative estimate of drug-likeness (QED) is 0.486. The van der Waals surface area contributed by atoms with E-state index in [0.717, 1.165) is 16.9 Å². The molecule has 0 radical (unpaired) electrons. The standard InChI is InChI=1S/C15H12N6O3S/c1-7(22)18-11-6-8(5-10(12(11)23)13(16)24)19-20-15-9-3-2-4-17-14(9)21-25-15/h2-6,23H,1H3,(H2,16,24)(H,18,22). The lowest BCUT2D eigenvalue weighted by Gasteiger charge is -2.09. The van der Waals surface area contributed by atoms with Crippen LogP contribution in [0.2, 0.25) is 0 Å². The van der Waals surface area contributed by atoms with E-state index in [0.29, 0.717) is 10.6 Å². The fourth-order valence-electron chi connectivity index (χ4n) is 2.10. The molecule has 0 spiro atoms. The van der Waals surface area contributed by atoms with Crippen LogP contribution in [0.4, 0.5) is 16.4 Å². The Balaban J connectivity index is 2.02. The number of carbonyl (C=O) groups is 2. The Hall–Kier alpha value is -3.40. The van der Waals surface area contributed by atoms with E-state index in [1.165, 1.54) is 19.1 Å². The molecule has 0 atom stereocenters. The number of nitrogens with one attached hydrogen (secondary N) is 1. The molecule has 2 amide bonds. The van der Waals surface area contributed by atoms with Gasteiger partial charge in [-0.3, -0.25) is 9.59 Å². The third kappa shape index (κ3) is 3.43. The van der Waals surface area contributed by atoms with Crippen molar-refractivity contribution in [1.29, 1.82) is 0 Å². The molecule has 2 heterocycles. The molecule has 25 heavy (non-hydrogen) atoms. The van der Waals surface area contributed by atoms with Gasteiger partial charge >= 0.3 is 0 Å². The van der Waals surface area contributed by atoms with Crippen LogP contribution < -0.4 is 11.1 Å². The van der Waals surface area contributed by atoms with Gasteiger partial charge in [-0.2, -0.15) is 4.37 Å². The first-order chi connectivity index (χ1) is 12.0. The Labute approximate surface area is 145 Å². The van der Waals surface area contributed by atoms with E-state index in [1.807, 2.05) is 6.07 Å². The highest BCUT2D eigenvalue weighted by Gasteiger charge is 2.15. The predicted molar refractivity (Wildman–Crippen MR) is 92.5 cm³/mol. The van der Waals surface area contributed by atoms with E-state index in [-0.39, 0.29) is 16.9 Å². The first kappa shape index (κ1) is 16.5. The molecule has 1 aromatic carbocycles. The van der Waals surface area contributed by atoms with E-state index in [2.05, 4.69) is 24.9 Å². The van der Waals surface area contributed by atoms with E-state index < -0.39 is 17.6 Å². The highest BCUT2D eigenvalue weighted by atomic mass is 32.1. The van der Waals surface area contributed by atoms with Gasteiger partial charge in [0.25, 0.3) is 5.91 Å². The molecular weight excluding hydrogens is 344 g/mol. The Morgan fingerprint density at radius 1 is 1.32 bits per heavy atom. The predicted octanol–water partition coefficient (Wildman–Crippen LogP) is 2.87. The van der Waals surface area contributed by atoms with Crippen molar-refractivity contribution in [2.75, 3.05) is 5.32 Å². The summed E-state index contributed by atoms with van der Waals surface area (Å²) < 4.78 is 4.15. The molecule has 0 saturated carbocycles. The molecule has 126 valence electrons. The Morgan fingerprint density at radius 2 is 2.12 bits per heavy atom. The van der Waals surface area contributed by atoms with Crippen LogP contribution in [-0.4, -0.2) is 26.3 Å². The van der Waals surface area contributed by atoms with Gasteiger partial charge in [-0.15, -0.1) is 10.2 Å². The maximum absolute atomic E-state index is 11.5. The SMILES string of the molecule is CC(=O)Nc1cc(N=Nc2snc3ncccc23)cc(C(N)=O)c1O. The normalized spacial score (nSPS) is 11.1. The van der Waals surface area contributed by atoms with E-state index in [9.17, 15) is 14.7 Å². The van der Waals surface area contributed by atoms with Crippen molar-refractivity contribution in [3.63, 3.8) is 0 Å². The zero-order chi connectivity index (χ0) is 18.0. The van der Waals surface area contributed by atoms with Crippen LogP contribution in [0.5, 0.6) is 5.75 Å². The van der Waals surface area contributed by atoms with Gasteiger partial charge in [0, 0.05) is 13.1 Å². The van der Waals surface area contributed by atoms with Gasteiger partial charge in [0.2, 0.25) is 5.91 Å². The fourth-order valence-corrected chi connectivity index (χ4v) is 2.75. The first-order valence-corrected chi connectivity index (χ1v) is 7.79. The van der Waals surface area contributed by atoms with Gasteiger partial charge in [-0.25, -0.2) is 4.98 Å².